The van der Waals surface area contributed by atoms with Crippen LogP contribution in [0.1, 0.15) is 12.8 Å². The Kier molecular flexibility index (Phi) is 4.01. The fourth-order valence-corrected chi connectivity index (χ4v) is 4.18. The Bertz CT molecular complexity index is 843. The number of fused-ring (bicyclic) bond motifs is 1. The number of hydrogen-bond donors (Lipinski definition) is 1. The van der Waals surface area contributed by atoms with E-state index in [-0.39, 0.29) is 5.91 Å². The number of carbonyl (C=O) groups excluding carboxylic acids is 1. The van der Waals surface area contributed by atoms with Crippen LogP contribution in [0.25, 0.3) is 20.7 Å². The van der Waals surface area contributed by atoms with Gasteiger partial charge in [0.25, 0.3) is 0 Å². The van der Waals surface area contributed by atoms with Crippen LogP contribution in [0.3, 0.4) is 0 Å². The van der Waals surface area contributed by atoms with Gasteiger partial charge < -0.3 is 5.32 Å². The topological polar surface area (TPSA) is 54.9 Å². The lowest BCUT2D eigenvalue weighted by Gasteiger charge is -2.03. The summed E-state index contributed by atoms with van der Waals surface area (Å²) in [6, 6.07) is 12.8. The maximum Gasteiger partial charge on any atom is 0.230 e. The molecule has 1 N–H and O–H groups in total. The number of aromatic nitrogens is 2. The summed E-state index contributed by atoms with van der Waals surface area (Å²) < 4.78 is 0. The number of nitrogens with one attached hydrogen (secondary N) is 1. The van der Waals surface area contributed by atoms with E-state index in [4.69, 9.17) is 0 Å². The van der Waals surface area contributed by atoms with E-state index >= 15 is 0 Å². The van der Waals surface area contributed by atoms with E-state index in [1.807, 2.05) is 18.2 Å². The lowest BCUT2D eigenvalue weighted by molar-refractivity contribution is -0.118. The highest BCUT2D eigenvalue weighted by Gasteiger charge is 2.23. The summed E-state index contributed by atoms with van der Waals surface area (Å²) in [7, 11) is 0. The number of benzene rings is 1. The van der Waals surface area contributed by atoms with Gasteiger partial charge >= 0.3 is 0 Å². The average molecular weight is 341 g/mol. The minimum Gasteiger partial charge on any atom is -0.353 e. The van der Waals surface area contributed by atoms with Gasteiger partial charge in [0.1, 0.15) is 16.2 Å². The van der Waals surface area contributed by atoms with Crippen molar-refractivity contribution in [3.05, 3.63) is 42.7 Å². The maximum atomic E-state index is 11.9. The van der Waals surface area contributed by atoms with E-state index in [1.54, 1.807) is 17.7 Å². The molecule has 1 aliphatic carbocycles. The Hall–Kier alpha value is -1.92. The quantitative estimate of drug-likeness (QED) is 0.567. The van der Waals surface area contributed by atoms with Gasteiger partial charge in [-0.2, -0.15) is 0 Å². The van der Waals surface area contributed by atoms with Crippen molar-refractivity contribution < 1.29 is 4.79 Å². The van der Waals surface area contributed by atoms with Crippen LogP contribution < -0.4 is 5.32 Å². The van der Waals surface area contributed by atoms with Gasteiger partial charge in [-0.05, 0) is 24.5 Å². The van der Waals surface area contributed by atoms with Crippen LogP contribution in [0.5, 0.6) is 0 Å². The van der Waals surface area contributed by atoms with Gasteiger partial charge in [-0.1, -0.05) is 42.1 Å². The lowest BCUT2D eigenvalue weighted by Crippen LogP contribution is -2.27. The first-order chi connectivity index (χ1) is 11.3. The van der Waals surface area contributed by atoms with Gasteiger partial charge in [0, 0.05) is 16.3 Å². The fraction of sp³-hybridized carbons (Fsp3) is 0.235. The third kappa shape index (κ3) is 3.38. The molecule has 1 saturated carbocycles. The van der Waals surface area contributed by atoms with Crippen molar-refractivity contribution in [1.29, 1.82) is 0 Å². The number of thioether (sulfide) groups is 1. The Morgan fingerprint density at radius 2 is 2.09 bits per heavy atom. The molecular formula is C17H15N3OS2. The summed E-state index contributed by atoms with van der Waals surface area (Å²) in [5.74, 6) is 0.488. The molecule has 0 bridgehead atoms. The molecule has 0 aliphatic heterocycles. The molecule has 0 unspecified atom stereocenters. The molecular weight excluding hydrogens is 326 g/mol. The number of hydrogen-bond acceptors (Lipinski definition) is 5. The highest BCUT2D eigenvalue weighted by molar-refractivity contribution is 8.00. The molecule has 1 fully saturated rings. The van der Waals surface area contributed by atoms with E-state index in [1.165, 1.54) is 22.2 Å². The SMILES string of the molecule is O=C(CSc1ncnc2sc(-c3ccccc3)cc12)NC1CC1. The number of thiophene rings is 1. The largest absolute Gasteiger partial charge is 0.353 e. The minimum absolute atomic E-state index is 0.0859. The maximum absolute atomic E-state index is 11.9. The van der Waals surface area contributed by atoms with Crippen molar-refractivity contribution in [1.82, 2.24) is 15.3 Å². The van der Waals surface area contributed by atoms with Gasteiger partial charge in [-0.25, -0.2) is 9.97 Å². The standard InChI is InChI=1S/C17H15N3OS2/c21-15(20-12-6-7-12)9-22-16-13-8-14(11-4-2-1-3-5-11)23-17(13)19-10-18-16/h1-5,8,10,12H,6-7,9H2,(H,20,21). The third-order valence-corrected chi connectivity index (χ3v) is 5.73. The molecule has 6 heteroatoms. The van der Waals surface area contributed by atoms with Crippen LogP contribution in [0.15, 0.2) is 47.8 Å². The zero-order valence-corrected chi connectivity index (χ0v) is 14.0. The van der Waals surface area contributed by atoms with Crippen molar-refractivity contribution in [2.24, 2.45) is 0 Å². The molecule has 2 aromatic heterocycles. The fourth-order valence-electron chi connectivity index (χ4n) is 2.32. The summed E-state index contributed by atoms with van der Waals surface area (Å²) in [5.41, 5.74) is 1.18. The first-order valence-corrected chi connectivity index (χ1v) is 9.32. The van der Waals surface area contributed by atoms with Crippen molar-refractivity contribution in [3.63, 3.8) is 0 Å². The zero-order chi connectivity index (χ0) is 15.6. The molecule has 23 heavy (non-hydrogen) atoms. The van der Waals surface area contributed by atoms with Gasteiger partial charge in [0.2, 0.25) is 5.91 Å². The van der Waals surface area contributed by atoms with Crippen LogP contribution in [0.2, 0.25) is 0 Å². The third-order valence-electron chi connectivity index (χ3n) is 3.63. The smallest absolute Gasteiger partial charge is 0.230 e. The Balaban J connectivity index is 1.57. The van der Waals surface area contributed by atoms with Crippen molar-refractivity contribution in [3.8, 4) is 10.4 Å². The predicted octanol–water partition coefficient (Wildman–Crippen LogP) is 3.73. The van der Waals surface area contributed by atoms with E-state index in [0.717, 1.165) is 28.1 Å². The molecule has 0 saturated heterocycles. The molecule has 1 aliphatic rings. The van der Waals surface area contributed by atoms with E-state index in [9.17, 15) is 4.79 Å². The van der Waals surface area contributed by atoms with Crippen molar-refractivity contribution in [2.45, 2.75) is 23.9 Å². The first-order valence-electron chi connectivity index (χ1n) is 7.52. The van der Waals surface area contributed by atoms with Gasteiger partial charge in [-0.15, -0.1) is 11.3 Å². The predicted molar refractivity (Wildman–Crippen MR) is 94.7 cm³/mol. The van der Waals surface area contributed by atoms with Gasteiger partial charge in [0.15, 0.2) is 0 Å². The van der Waals surface area contributed by atoms with Crippen molar-refractivity contribution >= 4 is 39.2 Å². The Morgan fingerprint density at radius 3 is 2.87 bits per heavy atom. The van der Waals surface area contributed by atoms with Crippen LogP contribution in [-0.4, -0.2) is 27.7 Å². The molecule has 1 amide bonds. The molecule has 3 aromatic rings. The second-order valence-corrected chi connectivity index (χ2v) is 7.50. The Labute approximate surface area is 142 Å². The van der Waals surface area contributed by atoms with Gasteiger partial charge in [0.05, 0.1) is 5.75 Å². The minimum atomic E-state index is 0.0859. The molecule has 0 spiro atoms. The number of nitrogens with zero attached hydrogens (tertiary/aromatic N) is 2. The molecule has 0 atom stereocenters. The van der Waals surface area contributed by atoms with E-state index in [2.05, 4.69) is 33.5 Å². The Morgan fingerprint density at radius 1 is 1.26 bits per heavy atom. The summed E-state index contributed by atoms with van der Waals surface area (Å²) in [6.07, 6.45) is 3.80. The molecule has 1 aromatic carbocycles. The average Bonchev–Trinajstić information content (AvgIpc) is 3.28. The second kappa shape index (κ2) is 6.29. The molecule has 0 radical (unpaired) electrons. The van der Waals surface area contributed by atoms with Crippen LogP contribution in [0.4, 0.5) is 0 Å². The number of amides is 1. The summed E-state index contributed by atoms with van der Waals surface area (Å²) in [6.45, 7) is 0. The first kappa shape index (κ1) is 14.7. The summed E-state index contributed by atoms with van der Waals surface area (Å²) >= 11 is 3.13. The zero-order valence-electron chi connectivity index (χ0n) is 12.4. The monoisotopic (exact) mass is 341 g/mol. The number of carbonyl (C=O) groups is 1. The number of rotatable bonds is 5. The second-order valence-electron chi connectivity index (χ2n) is 5.50. The van der Waals surface area contributed by atoms with Crippen molar-refractivity contribution in [2.75, 3.05) is 5.75 Å². The molecule has 2 heterocycles. The highest BCUT2D eigenvalue weighted by Crippen LogP contribution is 2.36. The normalized spacial score (nSPS) is 14.1. The molecule has 4 nitrogen and oxygen atoms in total. The summed E-state index contributed by atoms with van der Waals surface area (Å²) in [4.78, 5) is 22.7. The van der Waals surface area contributed by atoms with Crippen LogP contribution in [-0.2, 0) is 4.79 Å². The van der Waals surface area contributed by atoms with Gasteiger partial charge in [-0.3, -0.25) is 4.79 Å². The van der Waals surface area contributed by atoms with E-state index < -0.39 is 0 Å². The molecule has 4 rings (SSSR count). The highest BCUT2D eigenvalue weighted by atomic mass is 32.2. The van der Waals surface area contributed by atoms with Crippen LogP contribution >= 0.6 is 23.1 Å². The molecule has 116 valence electrons. The van der Waals surface area contributed by atoms with E-state index in [0.29, 0.717) is 11.8 Å². The summed E-state index contributed by atoms with van der Waals surface area (Å²) in [5, 5.41) is 4.91. The lowest BCUT2D eigenvalue weighted by atomic mass is 10.2. The van der Waals surface area contributed by atoms with Crippen LogP contribution in [0, 0.1) is 0 Å².